The topological polar surface area (TPSA) is 132 Å². The number of hydrogen-bond acceptors (Lipinski definition) is 7. The van der Waals surface area contributed by atoms with Crippen molar-refractivity contribution in [3.8, 4) is 11.4 Å². The van der Waals surface area contributed by atoms with Gasteiger partial charge in [0, 0.05) is 29.8 Å². The number of aromatic nitrogens is 3. The van der Waals surface area contributed by atoms with Crippen molar-refractivity contribution in [2.24, 2.45) is 0 Å². The summed E-state index contributed by atoms with van der Waals surface area (Å²) in [5, 5.41) is 19.9. The van der Waals surface area contributed by atoms with Crippen LogP contribution in [0.25, 0.3) is 11.4 Å². The highest BCUT2D eigenvalue weighted by Gasteiger charge is 2.18. The maximum Gasteiger partial charge on any atom is 0.270 e. The summed E-state index contributed by atoms with van der Waals surface area (Å²) in [6.45, 7) is 10.7. The SMILES string of the molecule is C=CCn1c(SCC(=O)NNC(=O)c2cccc([N+](=O)[O-])c2)nnc1-c1ccc(C(C)(C)C)cc1. The fourth-order valence-electron chi connectivity index (χ4n) is 3.15. The van der Waals surface area contributed by atoms with E-state index in [1.165, 1.54) is 23.8 Å². The zero-order valence-electron chi connectivity index (χ0n) is 19.6. The number of hydrazine groups is 1. The molecule has 0 saturated carbocycles. The number of amides is 2. The molecule has 0 bridgehead atoms. The Hall–Kier alpha value is -3.99. The number of nitrogens with one attached hydrogen (secondary N) is 2. The molecule has 0 unspecified atom stereocenters. The first kappa shape index (κ1) is 25.6. The number of nitro groups is 1. The lowest BCUT2D eigenvalue weighted by Gasteiger charge is -2.19. The van der Waals surface area contributed by atoms with Crippen LogP contribution in [0, 0.1) is 10.1 Å². The molecule has 0 atom stereocenters. The van der Waals surface area contributed by atoms with Gasteiger partial charge in [0.2, 0.25) is 5.91 Å². The van der Waals surface area contributed by atoms with Crippen molar-refractivity contribution < 1.29 is 14.5 Å². The van der Waals surface area contributed by atoms with E-state index in [1.54, 1.807) is 6.08 Å². The zero-order chi connectivity index (χ0) is 25.6. The summed E-state index contributed by atoms with van der Waals surface area (Å²) in [5.41, 5.74) is 6.53. The highest BCUT2D eigenvalue weighted by Crippen LogP contribution is 2.27. The van der Waals surface area contributed by atoms with Gasteiger partial charge < -0.3 is 0 Å². The van der Waals surface area contributed by atoms with Crippen LogP contribution in [0.5, 0.6) is 0 Å². The molecule has 2 N–H and O–H groups in total. The van der Waals surface area contributed by atoms with Gasteiger partial charge in [0.15, 0.2) is 11.0 Å². The first-order chi connectivity index (χ1) is 16.6. The van der Waals surface area contributed by atoms with Crippen LogP contribution in [-0.4, -0.2) is 37.3 Å². The number of nitro benzene ring substituents is 1. The summed E-state index contributed by atoms with van der Waals surface area (Å²) in [6, 6.07) is 13.3. The molecule has 2 aromatic carbocycles. The van der Waals surface area contributed by atoms with Crippen molar-refractivity contribution >= 4 is 29.3 Å². The Morgan fingerprint density at radius 3 is 2.49 bits per heavy atom. The third-order valence-corrected chi connectivity index (χ3v) is 5.97. The molecule has 11 heteroatoms. The van der Waals surface area contributed by atoms with Gasteiger partial charge in [-0.25, -0.2) is 0 Å². The van der Waals surface area contributed by atoms with E-state index in [1.807, 2.05) is 16.7 Å². The molecule has 0 aliphatic heterocycles. The average molecular weight is 495 g/mol. The predicted molar refractivity (Wildman–Crippen MR) is 134 cm³/mol. The third kappa shape index (κ3) is 6.54. The van der Waals surface area contributed by atoms with Crippen LogP contribution in [0.4, 0.5) is 5.69 Å². The van der Waals surface area contributed by atoms with Crippen molar-refractivity contribution in [1.82, 2.24) is 25.6 Å². The van der Waals surface area contributed by atoms with Crippen molar-refractivity contribution in [2.75, 3.05) is 5.75 Å². The number of nitrogens with zero attached hydrogens (tertiary/aromatic N) is 4. The molecule has 1 aromatic heterocycles. The summed E-state index contributed by atoms with van der Waals surface area (Å²) in [5.74, 6) is -0.513. The van der Waals surface area contributed by atoms with E-state index in [-0.39, 0.29) is 22.4 Å². The Bertz CT molecular complexity index is 1250. The maximum absolute atomic E-state index is 12.3. The summed E-state index contributed by atoms with van der Waals surface area (Å²) >= 11 is 1.16. The minimum Gasteiger partial charge on any atom is -0.298 e. The number of carbonyl (C=O) groups is 2. The first-order valence-corrected chi connectivity index (χ1v) is 11.7. The lowest BCUT2D eigenvalue weighted by molar-refractivity contribution is -0.384. The number of hydrogen-bond donors (Lipinski definition) is 2. The van der Waals surface area contributed by atoms with Gasteiger partial charge in [-0.15, -0.1) is 16.8 Å². The molecule has 0 radical (unpaired) electrons. The standard InChI is InChI=1S/C24H26N6O4S/c1-5-13-29-21(16-9-11-18(12-10-16)24(2,3)4)26-28-23(29)35-15-20(31)25-27-22(32)17-7-6-8-19(14-17)30(33)34/h5-12,14H,1,13,15H2,2-4H3,(H,25,31)(H,27,32). The van der Waals surface area contributed by atoms with Gasteiger partial charge in [-0.05, 0) is 17.0 Å². The number of carbonyl (C=O) groups excluding carboxylic acids is 2. The normalized spacial score (nSPS) is 11.1. The summed E-state index contributed by atoms with van der Waals surface area (Å²) in [6.07, 6.45) is 1.72. The summed E-state index contributed by atoms with van der Waals surface area (Å²) in [4.78, 5) is 34.7. The Labute approximate surface area is 207 Å². The van der Waals surface area contributed by atoms with Gasteiger partial charge in [-0.2, -0.15) is 0 Å². The Balaban J connectivity index is 1.63. The van der Waals surface area contributed by atoms with Crippen LogP contribution >= 0.6 is 11.8 Å². The molecule has 0 fully saturated rings. The maximum atomic E-state index is 12.3. The van der Waals surface area contributed by atoms with Crippen LogP contribution in [0.2, 0.25) is 0 Å². The van der Waals surface area contributed by atoms with E-state index in [4.69, 9.17) is 0 Å². The molecule has 1 heterocycles. The molecule has 2 amide bonds. The molecule has 0 aliphatic carbocycles. The molecule has 10 nitrogen and oxygen atoms in total. The number of non-ortho nitro benzene ring substituents is 1. The number of benzene rings is 2. The van der Waals surface area contributed by atoms with E-state index >= 15 is 0 Å². The Morgan fingerprint density at radius 1 is 1.14 bits per heavy atom. The van der Waals surface area contributed by atoms with Gasteiger partial charge in [-0.1, -0.05) is 68.9 Å². The molecule has 35 heavy (non-hydrogen) atoms. The highest BCUT2D eigenvalue weighted by molar-refractivity contribution is 7.99. The molecule has 3 rings (SSSR count). The smallest absolute Gasteiger partial charge is 0.270 e. The van der Waals surface area contributed by atoms with E-state index in [0.717, 1.165) is 23.4 Å². The van der Waals surface area contributed by atoms with Crippen molar-refractivity contribution in [2.45, 2.75) is 37.9 Å². The van der Waals surface area contributed by atoms with E-state index < -0.39 is 16.7 Å². The second-order valence-corrected chi connectivity index (χ2v) is 9.57. The van der Waals surface area contributed by atoms with Crippen molar-refractivity contribution in [1.29, 1.82) is 0 Å². The molecule has 182 valence electrons. The molecule has 0 aliphatic rings. The van der Waals surface area contributed by atoms with Crippen LogP contribution in [0.1, 0.15) is 36.7 Å². The molecule has 0 spiro atoms. The predicted octanol–water partition coefficient (Wildman–Crippen LogP) is 3.89. The fourth-order valence-corrected chi connectivity index (χ4v) is 3.90. The van der Waals surface area contributed by atoms with Gasteiger partial charge in [-0.3, -0.25) is 35.1 Å². The van der Waals surface area contributed by atoms with Gasteiger partial charge >= 0.3 is 0 Å². The largest absolute Gasteiger partial charge is 0.298 e. The van der Waals surface area contributed by atoms with Gasteiger partial charge in [0.1, 0.15) is 0 Å². The monoisotopic (exact) mass is 494 g/mol. The van der Waals surface area contributed by atoms with Crippen LogP contribution in [0.15, 0.2) is 66.3 Å². The Morgan fingerprint density at radius 2 is 1.86 bits per heavy atom. The number of thioether (sulfide) groups is 1. The third-order valence-electron chi connectivity index (χ3n) is 5.00. The molecular weight excluding hydrogens is 468 g/mol. The minimum absolute atomic E-state index is 0.0341. The highest BCUT2D eigenvalue weighted by atomic mass is 32.2. The molecular formula is C24H26N6O4S. The lowest BCUT2D eigenvalue weighted by atomic mass is 9.87. The van der Waals surface area contributed by atoms with Crippen molar-refractivity contribution in [3.05, 3.63) is 82.4 Å². The zero-order valence-corrected chi connectivity index (χ0v) is 20.5. The summed E-state index contributed by atoms with van der Waals surface area (Å²) in [7, 11) is 0. The van der Waals surface area contributed by atoms with Crippen LogP contribution in [-0.2, 0) is 16.8 Å². The quantitative estimate of drug-likeness (QED) is 0.210. The van der Waals surface area contributed by atoms with E-state index in [0.29, 0.717) is 17.5 Å². The minimum atomic E-state index is -0.664. The number of rotatable bonds is 8. The average Bonchev–Trinajstić information content (AvgIpc) is 3.23. The second-order valence-electron chi connectivity index (χ2n) is 8.63. The van der Waals surface area contributed by atoms with Crippen LogP contribution in [0.3, 0.4) is 0 Å². The first-order valence-electron chi connectivity index (χ1n) is 10.7. The van der Waals surface area contributed by atoms with Gasteiger partial charge in [0.05, 0.1) is 10.7 Å². The summed E-state index contributed by atoms with van der Waals surface area (Å²) < 4.78 is 1.86. The van der Waals surface area contributed by atoms with E-state index in [9.17, 15) is 19.7 Å². The van der Waals surface area contributed by atoms with Crippen LogP contribution < -0.4 is 10.9 Å². The number of allylic oxidation sites excluding steroid dienone is 1. The van der Waals surface area contributed by atoms with E-state index in [2.05, 4.69) is 60.5 Å². The lowest BCUT2D eigenvalue weighted by Crippen LogP contribution is -2.42. The Kier molecular flexibility index (Phi) is 8.02. The molecule has 3 aromatic rings. The van der Waals surface area contributed by atoms with Crippen molar-refractivity contribution in [3.63, 3.8) is 0 Å². The molecule has 0 saturated heterocycles. The fraction of sp³-hybridized carbons (Fsp3) is 0.250. The van der Waals surface area contributed by atoms with Gasteiger partial charge in [0.25, 0.3) is 11.6 Å². The second kappa shape index (κ2) is 11.0.